The quantitative estimate of drug-likeness (QED) is 0.552. The maximum Gasteiger partial charge on any atom is 0.282 e. The van der Waals surface area contributed by atoms with Crippen molar-refractivity contribution in [3.8, 4) is 11.4 Å². The number of nitrogens with zero attached hydrogens (tertiary/aromatic N) is 7. The molecule has 0 amide bonds. The van der Waals surface area contributed by atoms with Gasteiger partial charge < -0.3 is 4.90 Å². The summed E-state index contributed by atoms with van der Waals surface area (Å²) in [6.45, 7) is 3.54. The molecule has 1 aliphatic heterocycles. The van der Waals surface area contributed by atoms with Gasteiger partial charge in [-0.25, -0.2) is 32.6 Å². The molecule has 4 heterocycles. The Morgan fingerprint density at radius 3 is 2.78 bits per heavy atom. The molecular formula is C21H27F2N7OS. The fourth-order valence-electron chi connectivity index (χ4n) is 4.29. The summed E-state index contributed by atoms with van der Waals surface area (Å²) in [5, 5.41) is 4.03. The van der Waals surface area contributed by atoms with Gasteiger partial charge in [-0.1, -0.05) is 6.92 Å². The molecule has 3 aromatic heterocycles. The molecule has 2 atom stereocenters. The van der Waals surface area contributed by atoms with E-state index in [0.717, 1.165) is 31.6 Å². The Bertz CT molecular complexity index is 1210. The largest absolute Gasteiger partial charge is 0.353 e. The molecule has 0 saturated carbocycles. The fourth-order valence-corrected chi connectivity index (χ4v) is 4.84. The zero-order valence-electron chi connectivity index (χ0n) is 18.4. The fraction of sp³-hybridized carbons (Fsp3) is 0.524. The Morgan fingerprint density at radius 1 is 1.25 bits per heavy atom. The van der Waals surface area contributed by atoms with Gasteiger partial charge in [0.15, 0.2) is 5.65 Å². The Morgan fingerprint density at radius 2 is 2.06 bits per heavy atom. The molecule has 0 radical (unpaired) electrons. The van der Waals surface area contributed by atoms with Crippen LogP contribution in [0.2, 0.25) is 0 Å². The highest BCUT2D eigenvalue weighted by molar-refractivity contribution is 7.92. The van der Waals surface area contributed by atoms with Gasteiger partial charge in [0.1, 0.15) is 23.5 Å². The number of hydrogen-bond donors (Lipinski definition) is 0. The molecule has 172 valence electrons. The van der Waals surface area contributed by atoms with Crippen LogP contribution in [-0.2, 0) is 9.73 Å². The Hall–Kier alpha value is -2.69. The Balaban J connectivity index is 1.67. The third-order valence-corrected chi connectivity index (χ3v) is 6.54. The second kappa shape index (κ2) is 9.05. The van der Waals surface area contributed by atoms with Crippen molar-refractivity contribution in [3.05, 3.63) is 36.4 Å². The average Bonchev–Trinajstić information content (AvgIpc) is 3.20. The van der Waals surface area contributed by atoms with Gasteiger partial charge >= 0.3 is 0 Å². The Labute approximate surface area is 186 Å². The van der Waals surface area contributed by atoms with Gasteiger partial charge in [-0.2, -0.15) is 5.10 Å². The van der Waals surface area contributed by atoms with Gasteiger partial charge in [0.05, 0.1) is 18.4 Å². The van der Waals surface area contributed by atoms with Gasteiger partial charge in [0.25, 0.3) is 6.43 Å². The molecule has 11 heteroatoms. The normalized spacial score (nSPS) is 19.6. The molecule has 0 bridgehead atoms. The summed E-state index contributed by atoms with van der Waals surface area (Å²) in [6, 6.07) is 4.86. The monoisotopic (exact) mass is 463 g/mol. The highest BCUT2D eigenvalue weighted by atomic mass is 32.2. The number of imidazole rings is 1. The van der Waals surface area contributed by atoms with E-state index in [4.69, 9.17) is 0 Å². The summed E-state index contributed by atoms with van der Waals surface area (Å²) in [5.41, 5.74) is 1.24. The molecule has 4 rings (SSSR count). The van der Waals surface area contributed by atoms with E-state index in [0.29, 0.717) is 29.5 Å². The van der Waals surface area contributed by atoms with Crippen LogP contribution in [-0.4, -0.2) is 60.4 Å². The van der Waals surface area contributed by atoms with Crippen molar-refractivity contribution in [1.29, 1.82) is 0 Å². The first-order valence-electron chi connectivity index (χ1n) is 10.6. The van der Waals surface area contributed by atoms with Crippen molar-refractivity contribution in [1.82, 2.24) is 24.6 Å². The standard InChI is InChI=1S/C21H27F2N7OS/c1-4-17-14(11-27-32(2,3)31)6-5-9-29(17)20-10-16(25-13-26-20)18-12-24-19-8-7-15(21(22)23)28-30(18)19/h7-8,10,12-14,17,21H,4-6,9,11H2,1-3H3. The van der Waals surface area contributed by atoms with Crippen molar-refractivity contribution in [3.63, 3.8) is 0 Å². The summed E-state index contributed by atoms with van der Waals surface area (Å²) >= 11 is 0. The SMILES string of the molecule is CCC1C(CN=S(C)(C)=O)CCCN1c1cc(-c2cnc3ccc(C(F)F)nn23)ncn1. The van der Waals surface area contributed by atoms with Crippen LogP contribution in [0.25, 0.3) is 17.0 Å². The highest BCUT2D eigenvalue weighted by Gasteiger charge is 2.31. The lowest BCUT2D eigenvalue weighted by atomic mass is 9.87. The van der Waals surface area contributed by atoms with E-state index in [-0.39, 0.29) is 11.7 Å². The van der Waals surface area contributed by atoms with Crippen LogP contribution >= 0.6 is 0 Å². The Kier molecular flexibility index (Phi) is 6.36. The smallest absolute Gasteiger partial charge is 0.282 e. The third-order valence-electron chi connectivity index (χ3n) is 5.77. The van der Waals surface area contributed by atoms with E-state index in [1.165, 1.54) is 23.0 Å². The van der Waals surface area contributed by atoms with E-state index in [9.17, 15) is 13.0 Å². The number of alkyl halides is 2. The van der Waals surface area contributed by atoms with Gasteiger partial charge in [0.2, 0.25) is 0 Å². The number of rotatable bonds is 6. The number of anilines is 1. The molecule has 0 spiro atoms. The molecule has 0 aromatic carbocycles. The number of fused-ring (bicyclic) bond motifs is 1. The zero-order chi connectivity index (χ0) is 22.9. The van der Waals surface area contributed by atoms with Gasteiger partial charge in [-0.3, -0.25) is 4.21 Å². The molecular weight excluding hydrogens is 436 g/mol. The summed E-state index contributed by atoms with van der Waals surface area (Å²) in [7, 11) is -2.14. The first kappa shape index (κ1) is 22.5. The second-order valence-electron chi connectivity index (χ2n) is 8.30. The maximum absolute atomic E-state index is 13.1. The minimum absolute atomic E-state index is 0.211. The molecule has 1 saturated heterocycles. The molecule has 1 aliphatic rings. The molecule has 2 unspecified atom stereocenters. The highest BCUT2D eigenvalue weighted by Crippen LogP contribution is 2.31. The molecule has 32 heavy (non-hydrogen) atoms. The first-order valence-corrected chi connectivity index (χ1v) is 12.9. The topological polar surface area (TPSA) is 88.6 Å². The third kappa shape index (κ3) is 4.72. The van der Waals surface area contributed by atoms with Crippen molar-refractivity contribution >= 4 is 21.2 Å². The van der Waals surface area contributed by atoms with Crippen molar-refractivity contribution in [2.75, 3.05) is 30.5 Å². The van der Waals surface area contributed by atoms with E-state index in [1.807, 2.05) is 6.07 Å². The molecule has 0 N–H and O–H groups in total. The first-order chi connectivity index (χ1) is 15.3. The number of piperidine rings is 1. The zero-order valence-corrected chi connectivity index (χ0v) is 19.2. The van der Waals surface area contributed by atoms with Crippen molar-refractivity contribution in [2.45, 2.75) is 38.7 Å². The molecule has 1 fully saturated rings. The van der Waals surface area contributed by atoms with Crippen molar-refractivity contribution in [2.24, 2.45) is 10.3 Å². The summed E-state index contributed by atoms with van der Waals surface area (Å²) in [5.74, 6) is 1.05. The van der Waals surface area contributed by atoms with E-state index < -0.39 is 16.2 Å². The predicted molar refractivity (Wildman–Crippen MR) is 120 cm³/mol. The van der Waals surface area contributed by atoms with E-state index in [2.05, 4.69) is 36.2 Å². The summed E-state index contributed by atoms with van der Waals surface area (Å²) < 4.78 is 44.1. The number of hydrogen-bond acceptors (Lipinski definition) is 7. The lowest BCUT2D eigenvalue weighted by Gasteiger charge is -2.41. The lowest BCUT2D eigenvalue weighted by Crippen LogP contribution is -2.46. The van der Waals surface area contributed by atoms with Crippen LogP contribution in [0.5, 0.6) is 0 Å². The van der Waals surface area contributed by atoms with Crippen molar-refractivity contribution < 1.29 is 13.0 Å². The maximum atomic E-state index is 13.1. The molecule has 3 aromatic rings. The van der Waals surface area contributed by atoms with Crippen LogP contribution in [0.4, 0.5) is 14.6 Å². The minimum atomic E-state index is -2.67. The van der Waals surface area contributed by atoms with Gasteiger partial charge in [-0.15, -0.1) is 0 Å². The van der Waals surface area contributed by atoms with E-state index >= 15 is 0 Å². The summed E-state index contributed by atoms with van der Waals surface area (Å²) in [6.07, 6.45) is 6.63. The van der Waals surface area contributed by atoms with Crippen LogP contribution < -0.4 is 4.90 Å². The summed E-state index contributed by atoms with van der Waals surface area (Å²) in [4.78, 5) is 15.4. The average molecular weight is 464 g/mol. The predicted octanol–water partition coefficient (Wildman–Crippen LogP) is 3.85. The van der Waals surface area contributed by atoms with Crippen LogP contribution in [0.15, 0.2) is 35.1 Å². The van der Waals surface area contributed by atoms with Gasteiger partial charge in [-0.05, 0) is 37.3 Å². The van der Waals surface area contributed by atoms with Crippen LogP contribution in [0, 0.1) is 5.92 Å². The number of aromatic nitrogens is 5. The second-order valence-corrected chi connectivity index (χ2v) is 10.9. The number of halogens is 2. The lowest BCUT2D eigenvalue weighted by molar-refractivity contribution is 0.144. The van der Waals surface area contributed by atoms with Crippen LogP contribution in [0.1, 0.15) is 38.3 Å². The van der Waals surface area contributed by atoms with Crippen LogP contribution in [0.3, 0.4) is 0 Å². The minimum Gasteiger partial charge on any atom is -0.353 e. The van der Waals surface area contributed by atoms with E-state index in [1.54, 1.807) is 18.7 Å². The molecule has 0 aliphatic carbocycles. The van der Waals surface area contributed by atoms with Gasteiger partial charge in [0, 0.05) is 40.9 Å². The molecule has 8 nitrogen and oxygen atoms in total.